The summed E-state index contributed by atoms with van der Waals surface area (Å²) >= 11 is 0. The number of rotatable bonds is 8. The Labute approximate surface area is 418 Å². The summed E-state index contributed by atoms with van der Waals surface area (Å²) in [5.74, 6) is 0. The molecule has 0 radical (unpaired) electrons. The molecule has 10 aromatic carbocycles. The van der Waals surface area contributed by atoms with E-state index in [2.05, 4.69) is 266 Å². The van der Waals surface area contributed by atoms with Gasteiger partial charge in [0.05, 0.1) is 5.69 Å². The van der Waals surface area contributed by atoms with E-state index < -0.39 is 10.0 Å². The van der Waals surface area contributed by atoms with E-state index in [0.29, 0.717) is 0 Å². The number of furan rings is 1. The molecule has 0 saturated carbocycles. The maximum absolute atomic E-state index is 6.80. The molecule has 2 heterocycles. The standard InChI is InChI=1S/C60H48B7NOS/c61-50-47(43-31-18-30-42-41-29-16-17-32-46(41)69-60(42)43)51(62)55(66)58-48(50)49-52(63)53(64)54(65)56(67)59(49)68(58)57-44(35-19-6-1-7-20-35)33-40(34-45(57)36-21-8-2-9-22-36)70(37-23-10-3-11-24-37,38-25-12-4-13-26-38)39-27-14-5-15-28-39/h1-34H,61-67H2. The summed E-state index contributed by atoms with van der Waals surface area (Å²) in [5.41, 5.74) is 21.7. The van der Waals surface area contributed by atoms with Gasteiger partial charge in [-0.2, -0.15) is 0 Å². The fraction of sp³-hybridized carbons (Fsp3) is 0. The number of fused-ring (bicyclic) bond motifs is 6. The highest BCUT2D eigenvalue weighted by Gasteiger charge is 2.36. The summed E-state index contributed by atoms with van der Waals surface area (Å²) in [4.78, 5) is 5.16. The van der Waals surface area contributed by atoms with Crippen LogP contribution in [-0.4, -0.2) is 59.5 Å². The summed E-state index contributed by atoms with van der Waals surface area (Å²) in [7, 11) is 14.3. The van der Waals surface area contributed by atoms with Crippen molar-refractivity contribution >= 4 is 147 Å². The van der Waals surface area contributed by atoms with E-state index in [4.69, 9.17) is 4.42 Å². The number of hydrogen-bond donors (Lipinski definition) is 0. The molecule has 0 aliphatic carbocycles. The number of hydrogen-bond acceptors (Lipinski definition) is 1. The van der Waals surface area contributed by atoms with Gasteiger partial charge in [-0.05, 0) is 76.7 Å². The lowest BCUT2D eigenvalue weighted by molar-refractivity contribution is 0.670. The summed E-state index contributed by atoms with van der Waals surface area (Å²) in [6.45, 7) is 0. The summed E-state index contributed by atoms with van der Waals surface area (Å²) in [6.07, 6.45) is 0. The summed E-state index contributed by atoms with van der Waals surface area (Å²) in [6, 6.07) is 76.2. The monoisotopic (exact) mass is 907 g/mol. The van der Waals surface area contributed by atoms with Crippen molar-refractivity contribution < 1.29 is 4.42 Å². The molecule has 0 fully saturated rings. The molecule has 0 saturated heterocycles. The molecule has 2 nitrogen and oxygen atoms in total. The van der Waals surface area contributed by atoms with Crippen LogP contribution in [0.3, 0.4) is 0 Å². The van der Waals surface area contributed by atoms with Crippen molar-refractivity contribution in [3.63, 3.8) is 0 Å². The van der Waals surface area contributed by atoms with E-state index in [0.717, 1.165) is 27.5 Å². The summed E-state index contributed by atoms with van der Waals surface area (Å²) in [5, 5.41) is 4.90. The topological polar surface area (TPSA) is 18.1 Å². The van der Waals surface area contributed by atoms with Crippen molar-refractivity contribution in [2.45, 2.75) is 19.6 Å². The Bertz CT molecular complexity index is 3850. The van der Waals surface area contributed by atoms with Gasteiger partial charge in [0.1, 0.15) is 66.1 Å². The van der Waals surface area contributed by atoms with Gasteiger partial charge in [0, 0.05) is 63.5 Å². The largest absolute Gasteiger partial charge is 0.455 e. The predicted molar refractivity (Wildman–Crippen MR) is 322 cm³/mol. The molecule has 0 bridgehead atoms. The first-order chi connectivity index (χ1) is 34.2. The van der Waals surface area contributed by atoms with E-state index in [1.54, 1.807) is 0 Å². The number of nitrogens with zero attached hydrogens (tertiary/aromatic N) is 1. The molecule has 0 aliphatic heterocycles. The minimum Gasteiger partial charge on any atom is -0.455 e. The highest BCUT2D eigenvalue weighted by molar-refractivity contribution is 8.34. The molecule has 326 valence electrons. The third-order valence-corrected chi connectivity index (χ3v) is 19.3. The van der Waals surface area contributed by atoms with E-state index in [1.807, 2.05) is 0 Å². The van der Waals surface area contributed by atoms with E-state index >= 15 is 0 Å². The van der Waals surface area contributed by atoms with Crippen molar-refractivity contribution in [3.05, 3.63) is 206 Å². The molecular weight excluding hydrogens is 858 g/mol. The zero-order valence-electron chi connectivity index (χ0n) is 40.9. The summed E-state index contributed by atoms with van der Waals surface area (Å²) < 4.78 is 9.49. The fourth-order valence-electron chi connectivity index (χ4n) is 11.7. The molecule has 2 aromatic heterocycles. The second-order valence-electron chi connectivity index (χ2n) is 19.0. The lowest BCUT2D eigenvalue weighted by Crippen LogP contribution is -2.48. The highest BCUT2D eigenvalue weighted by Crippen LogP contribution is 2.74. The Morgan fingerprint density at radius 2 is 0.771 bits per heavy atom. The fourth-order valence-corrected chi connectivity index (χ4v) is 15.6. The Hall–Kier alpha value is -7.40. The molecule has 70 heavy (non-hydrogen) atoms. The van der Waals surface area contributed by atoms with Gasteiger partial charge in [0.25, 0.3) is 0 Å². The van der Waals surface area contributed by atoms with Gasteiger partial charge >= 0.3 is 0 Å². The van der Waals surface area contributed by atoms with Crippen LogP contribution in [-0.2, 0) is 0 Å². The molecule has 0 amide bonds. The van der Waals surface area contributed by atoms with E-state index in [-0.39, 0.29) is 0 Å². The third-order valence-electron chi connectivity index (χ3n) is 15.4. The molecule has 0 atom stereocenters. The van der Waals surface area contributed by atoms with Crippen LogP contribution < -0.4 is 38.2 Å². The Balaban J connectivity index is 1.30. The molecule has 0 aliphatic rings. The van der Waals surface area contributed by atoms with Crippen LogP contribution in [0, 0.1) is 0 Å². The van der Waals surface area contributed by atoms with Crippen LogP contribution in [0.4, 0.5) is 0 Å². The van der Waals surface area contributed by atoms with Gasteiger partial charge in [0.15, 0.2) is 0 Å². The van der Waals surface area contributed by atoms with Gasteiger partial charge < -0.3 is 8.98 Å². The van der Waals surface area contributed by atoms with Crippen LogP contribution in [0.5, 0.6) is 0 Å². The van der Waals surface area contributed by atoms with Crippen molar-refractivity contribution in [3.8, 4) is 39.1 Å². The van der Waals surface area contributed by atoms with Crippen LogP contribution in [0.15, 0.2) is 230 Å². The first kappa shape index (κ1) is 43.9. The second kappa shape index (κ2) is 17.2. The molecule has 0 unspecified atom stereocenters. The van der Waals surface area contributed by atoms with Crippen LogP contribution in [0.25, 0.3) is 82.8 Å². The molecule has 0 N–H and O–H groups in total. The molecule has 0 spiro atoms. The average Bonchev–Trinajstić information content (AvgIpc) is 3.98. The van der Waals surface area contributed by atoms with Gasteiger partial charge in [-0.1, -0.05) is 184 Å². The minimum absolute atomic E-state index is 0.912. The molecule has 12 aromatic rings. The zero-order chi connectivity index (χ0) is 47.8. The van der Waals surface area contributed by atoms with Crippen molar-refractivity contribution in [1.29, 1.82) is 0 Å². The Morgan fingerprint density at radius 1 is 0.343 bits per heavy atom. The zero-order valence-corrected chi connectivity index (χ0v) is 41.7. The van der Waals surface area contributed by atoms with Gasteiger partial charge in [-0.25, -0.2) is 0 Å². The van der Waals surface area contributed by atoms with Crippen molar-refractivity contribution in [1.82, 2.24) is 4.57 Å². The lowest BCUT2D eigenvalue weighted by Gasteiger charge is -2.43. The number of benzene rings is 10. The van der Waals surface area contributed by atoms with Gasteiger partial charge in [-0.3, -0.25) is 0 Å². The second-order valence-corrected chi connectivity index (χ2v) is 22.1. The quantitative estimate of drug-likeness (QED) is 0.200. The first-order valence-electron chi connectivity index (χ1n) is 24.4. The van der Waals surface area contributed by atoms with E-state index in [9.17, 15) is 0 Å². The minimum atomic E-state index is -2.07. The Morgan fingerprint density at radius 3 is 1.30 bits per heavy atom. The smallest absolute Gasteiger partial charge is 0.143 e. The van der Waals surface area contributed by atoms with E-state index in [1.165, 1.54) is 113 Å². The predicted octanol–water partition coefficient (Wildman–Crippen LogP) is 4.83. The lowest BCUT2D eigenvalue weighted by atomic mass is 9.64. The Kier molecular flexibility index (Phi) is 10.8. The van der Waals surface area contributed by atoms with Crippen molar-refractivity contribution in [2.24, 2.45) is 0 Å². The number of aromatic nitrogens is 1. The maximum Gasteiger partial charge on any atom is 0.143 e. The third kappa shape index (κ3) is 6.53. The van der Waals surface area contributed by atoms with Crippen LogP contribution in [0.1, 0.15) is 0 Å². The molecule has 12 rings (SSSR count). The SMILES string of the molecule is Bc1c(B)c(B)c2c(c1B)c1c(B)c(-c3cccc4c3oc3ccccc34)c(B)c(B)c1n2-c1c(-c2ccccc2)cc(S(c2ccccc2)(c2ccccc2)c2ccccc2)cc1-c1ccccc1. The first-order valence-corrected chi connectivity index (χ1v) is 26.1. The average molecular weight is 907 g/mol. The van der Waals surface area contributed by atoms with Gasteiger partial charge in [0.2, 0.25) is 0 Å². The van der Waals surface area contributed by atoms with Crippen molar-refractivity contribution in [2.75, 3.05) is 0 Å². The molecule has 10 heteroatoms. The van der Waals surface area contributed by atoms with Gasteiger partial charge in [-0.15, -0.1) is 15.5 Å². The van der Waals surface area contributed by atoms with Crippen LogP contribution >= 0.6 is 10.0 Å². The highest BCUT2D eigenvalue weighted by atomic mass is 32.3. The number of para-hydroxylation sites is 2. The van der Waals surface area contributed by atoms with Crippen LogP contribution in [0.2, 0.25) is 0 Å². The normalized spacial score (nSPS) is 12.1. The maximum atomic E-state index is 6.80. The molecular formula is C60H48B7NOS.